The first-order valence-corrected chi connectivity index (χ1v) is 17.4. The van der Waals surface area contributed by atoms with Crippen molar-refractivity contribution < 1.29 is 109 Å². The Hall–Kier alpha value is -2.31. The Morgan fingerprint density at radius 3 is 1.84 bits per heavy atom. The predicted molar refractivity (Wildman–Crippen MR) is 171 cm³/mol. The molecule has 2 amide bonds. The summed E-state index contributed by atoms with van der Waals surface area (Å²) in [6.45, 7) is 2.73. The van der Waals surface area contributed by atoms with Crippen molar-refractivity contribution in [3.8, 4) is 0 Å². The highest BCUT2D eigenvalue weighted by Crippen LogP contribution is 2.39. The van der Waals surface area contributed by atoms with E-state index in [4.69, 9.17) is 33.2 Å². The number of carbonyl (C=O) groups is 3. The minimum atomic E-state index is -3.03. The maximum absolute atomic E-state index is 12.8. The fraction of sp³-hybridized carbons (Fsp3) is 0.903. The average molecular weight is 805 g/mol. The predicted octanol–water partition coefficient (Wildman–Crippen LogP) is -8.20. The summed E-state index contributed by atoms with van der Waals surface area (Å²) in [5, 5.41) is 131. The number of carboxylic acids is 1. The largest absolute Gasteiger partial charge is 0.477 e. The second-order valence-corrected chi connectivity index (χ2v) is 14.0. The smallest absolute Gasteiger partial charge is 0.364 e. The summed E-state index contributed by atoms with van der Waals surface area (Å²) < 4.78 is 39.9. The molecule has 24 nitrogen and oxygen atoms in total. The van der Waals surface area contributed by atoms with Gasteiger partial charge in [0.1, 0.15) is 79.3 Å². The Morgan fingerprint density at radius 2 is 1.29 bits per heavy atom. The number of rotatable bonds is 13. The monoisotopic (exact) mass is 804 g/mol. The van der Waals surface area contributed by atoms with Crippen LogP contribution in [0, 0.1) is 0 Å². The lowest BCUT2D eigenvalue weighted by Crippen LogP contribution is -2.71. The molecule has 4 heterocycles. The van der Waals surface area contributed by atoms with E-state index >= 15 is 0 Å². The van der Waals surface area contributed by atoms with Gasteiger partial charge in [0.05, 0.1) is 37.6 Å². The molecule has 4 saturated heterocycles. The van der Waals surface area contributed by atoms with Crippen LogP contribution in [0.5, 0.6) is 0 Å². The molecule has 0 bridgehead atoms. The van der Waals surface area contributed by atoms with Crippen molar-refractivity contribution in [3.63, 3.8) is 0 Å². The van der Waals surface area contributed by atoms with Gasteiger partial charge in [-0.2, -0.15) is 0 Å². The number of ether oxygens (including phenoxy) is 7. The quantitative estimate of drug-likeness (QED) is 0.0822. The van der Waals surface area contributed by atoms with E-state index in [1.165, 1.54) is 13.8 Å². The zero-order valence-corrected chi connectivity index (χ0v) is 30.1. The van der Waals surface area contributed by atoms with Crippen molar-refractivity contribution in [3.05, 3.63) is 0 Å². The van der Waals surface area contributed by atoms with Crippen LogP contribution in [0.3, 0.4) is 0 Å². The third-order valence-electron chi connectivity index (χ3n) is 9.90. The Bertz CT molecular complexity index is 1320. The van der Waals surface area contributed by atoms with E-state index in [0.717, 1.165) is 13.8 Å². The lowest BCUT2D eigenvalue weighted by Gasteiger charge is -2.51. The number of nitrogens with one attached hydrogen (secondary N) is 2. The van der Waals surface area contributed by atoms with Crippen LogP contribution >= 0.6 is 0 Å². The molecule has 4 rings (SSSR count). The zero-order valence-electron chi connectivity index (χ0n) is 30.1. The highest BCUT2D eigenvalue weighted by molar-refractivity contribution is 5.76. The fourth-order valence-corrected chi connectivity index (χ4v) is 6.93. The lowest BCUT2D eigenvalue weighted by atomic mass is 9.88. The standard InChI is InChI=1S/C31H52N2O22/c1-8-17(40)20(43)21(44)28(49-8)53-25-16(33-11(4)37)27(46)51-14(7-35)23(25)52-29-22(45)26(18(41)9(2)50-29)55-31(30(47)48)5-12(38)15(32-10(3)36)24(54-31)19(42)13(39)6-34/h8-9,12-29,34-35,38-46H,5-7H2,1-4H3,(H,32,36)(H,33,37)(H,47,48)/t8-,9+,12-,13+,14+,15+,16+,17+,18-,19+,20+,21-,22+,23+,24+,25+,26-,27?,28-,29+,31-/m0/s1. The number of hydrogen-bond acceptors (Lipinski definition) is 21. The second kappa shape index (κ2) is 18.5. The van der Waals surface area contributed by atoms with Crippen LogP contribution in [-0.4, -0.2) is 221 Å². The number of carboxylic acid groups (broad SMARTS) is 1. The Balaban J connectivity index is 1.68. The molecule has 4 aliphatic heterocycles. The van der Waals surface area contributed by atoms with Gasteiger partial charge in [-0.25, -0.2) is 4.79 Å². The summed E-state index contributed by atoms with van der Waals surface area (Å²) in [5.74, 6) is -6.49. The van der Waals surface area contributed by atoms with E-state index in [9.17, 15) is 75.7 Å². The molecule has 55 heavy (non-hydrogen) atoms. The molecule has 0 spiro atoms. The highest BCUT2D eigenvalue weighted by atomic mass is 16.8. The molecule has 24 heteroatoms. The van der Waals surface area contributed by atoms with Crippen molar-refractivity contribution in [2.75, 3.05) is 13.2 Å². The van der Waals surface area contributed by atoms with Crippen molar-refractivity contribution in [2.24, 2.45) is 0 Å². The number of amides is 2. The molecule has 0 saturated carbocycles. The van der Waals surface area contributed by atoms with E-state index in [1.54, 1.807) is 0 Å². The summed E-state index contributed by atoms with van der Waals surface area (Å²) in [4.78, 5) is 36.9. The summed E-state index contributed by atoms with van der Waals surface area (Å²) in [6.07, 6.45) is -33.5. The van der Waals surface area contributed by atoms with Crippen LogP contribution in [0.15, 0.2) is 0 Å². The number of carbonyl (C=O) groups excluding carboxylic acids is 2. The normalized spacial score (nSPS) is 46.3. The molecule has 318 valence electrons. The van der Waals surface area contributed by atoms with Crippen LogP contribution in [0.2, 0.25) is 0 Å². The van der Waals surface area contributed by atoms with Gasteiger partial charge in [-0.3, -0.25) is 9.59 Å². The lowest BCUT2D eigenvalue weighted by molar-refractivity contribution is -0.387. The zero-order chi connectivity index (χ0) is 41.3. The van der Waals surface area contributed by atoms with Gasteiger partial charge >= 0.3 is 5.97 Å². The van der Waals surface area contributed by atoms with Crippen LogP contribution in [0.4, 0.5) is 0 Å². The van der Waals surface area contributed by atoms with E-state index in [-0.39, 0.29) is 0 Å². The van der Waals surface area contributed by atoms with Crippen molar-refractivity contribution in [1.82, 2.24) is 10.6 Å². The SMILES string of the molecule is CC(=O)N[C@H]1[C@H]([C@H](O)[C@H](O)CO)O[C@@](O[C@H]2[C@@H](O)[C@@H](C)O[C@H](O[C@H]3[C@H](O[C@@H]4O[C@@H](C)[C@@H](O)[C@@H](O)[C@@H]4O)[C@@H](NC(C)=O)C(O)O[C@@H]3CO)[C@@H]2O)(C(=O)O)C[C@@H]1O. The van der Waals surface area contributed by atoms with Gasteiger partial charge in [0, 0.05) is 20.3 Å². The molecular formula is C31H52N2O22. The topological polar surface area (TPSA) is 383 Å². The molecular weight excluding hydrogens is 752 g/mol. The van der Waals surface area contributed by atoms with E-state index < -0.39 is 166 Å². The van der Waals surface area contributed by atoms with Gasteiger partial charge in [0.25, 0.3) is 5.79 Å². The first-order chi connectivity index (χ1) is 25.7. The van der Waals surface area contributed by atoms with Crippen molar-refractivity contribution >= 4 is 17.8 Å². The molecule has 0 aliphatic carbocycles. The number of hydrogen-bond donors (Lipinski definition) is 14. The molecule has 0 aromatic rings. The van der Waals surface area contributed by atoms with Gasteiger partial charge in [0.15, 0.2) is 18.9 Å². The molecule has 4 aliphatic rings. The highest BCUT2D eigenvalue weighted by Gasteiger charge is 2.60. The third-order valence-corrected chi connectivity index (χ3v) is 9.90. The summed E-state index contributed by atoms with van der Waals surface area (Å²) in [5.41, 5.74) is 0. The van der Waals surface area contributed by atoms with Gasteiger partial charge in [-0.05, 0) is 13.8 Å². The second-order valence-electron chi connectivity index (χ2n) is 14.0. The average Bonchev–Trinajstić information content (AvgIpc) is 3.12. The minimum absolute atomic E-state index is 0.736. The number of aliphatic hydroxyl groups excluding tert-OH is 11. The van der Waals surface area contributed by atoms with Crippen molar-refractivity contribution in [1.29, 1.82) is 0 Å². The number of aliphatic hydroxyl groups is 11. The minimum Gasteiger partial charge on any atom is -0.477 e. The van der Waals surface area contributed by atoms with Gasteiger partial charge in [0.2, 0.25) is 11.8 Å². The van der Waals surface area contributed by atoms with E-state index in [1.807, 2.05) is 0 Å². The van der Waals surface area contributed by atoms with Crippen LogP contribution in [0.25, 0.3) is 0 Å². The van der Waals surface area contributed by atoms with Gasteiger partial charge in [-0.15, -0.1) is 0 Å². The third kappa shape index (κ3) is 9.70. The Kier molecular flexibility index (Phi) is 15.3. The molecule has 0 radical (unpaired) electrons. The molecule has 1 unspecified atom stereocenters. The Morgan fingerprint density at radius 1 is 0.745 bits per heavy atom. The van der Waals surface area contributed by atoms with Crippen molar-refractivity contribution in [2.45, 2.75) is 162 Å². The van der Waals surface area contributed by atoms with Gasteiger partial charge in [-0.1, -0.05) is 0 Å². The maximum Gasteiger partial charge on any atom is 0.364 e. The molecule has 0 aromatic heterocycles. The summed E-state index contributed by atoms with van der Waals surface area (Å²) in [7, 11) is 0. The summed E-state index contributed by atoms with van der Waals surface area (Å²) in [6, 6.07) is -3.13. The molecule has 21 atom stereocenters. The molecule has 4 fully saturated rings. The van der Waals surface area contributed by atoms with E-state index in [0.29, 0.717) is 0 Å². The molecule has 0 aromatic carbocycles. The fourth-order valence-electron chi connectivity index (χ4n) is 6.93. The number of aliphatic carboxylic acids is 1. The molecule has 14 N–H and O–H groups in total. The maximum atomic E-state index is 12.8. The van der Waals surface area contributed by atoms with E-state index in [2.05, 4.69) is 10.6 Å². The van der Waals surface area contributed by atoms with Crippen LogP contribution < -0.4 is 10.6 Å². The first-order valence-electron chi connectivity index (χ1n) is 17.4. The van der Waals surface area contributed by atoms with Crippen LogP contribution in [-0.2, 0) is 47.5 Å². The van der Waals surface area contributed by atoms with Gasteiger partial charge < -0.3 is 105 Å². The Labute approximate surface area is 313 Å². The van der Waals surface area contributed by atoms with Crippen LogP contribution in [0.1, 0.15) is 34.1 Å². The first kappa shape index (κ1) is 45.4. The summed E-state index contributed by atoms with van der Waals surface area (Å²) >= 11 is 0.